The van der Waals surface area contributed by atoms with Crippen molar-refractivity contribution in [2.24, 2.45) is 7.05 Å². The van der Waals surface area contributed by atoms with Gasteiger partial charge in [0.05, 0.1) is 17.8 Å². The number of ether oxygens (including phenoxy) is 1. The SMILES string of the molecule is Cn1nc2ccc(OCc3ccccn3)cc2c1C(=O)N[C@H]1CCN(CCO)C1=O. The van der Waals surface area contributed by atoms with Gasteiger partial charge in [0, 0.05) is 31.7 Å². The second kappa shape index (κ2) is 8.50. The Bertz CT molecular complexity index is 1070. The maximum atomic E-state index is 13.0. The smallest absolute Gasteiger partial charge is 0.270 e. The van der Waals surface area contributed by atoms with E-state index in [1.54, 1.807) is 36.3 Å². The van der Waals surface area contributed by atoms with Crippen LogP contribution in [0.5, 0.6) is 5.75 Å². The van der Waals surface area contributed by atoms with E-state index in [4.69, 9.17) is 9.84 Å². The molecule has 2 N–H and O–H groups in total. The highest BCUT2D eigenvalue weighted by Crippen LogP contribution is 2.24. The molecule has 9 nitrogen and oxygen atoms in total. The molecule has 1 aliphatic rings. The highest BCUT2D eigenvalue weighted by atomic mass is 16.5. The highest BCUT2D eigenvalue weighted by molar-refractivity contribution is 6.06. The van der Waals surface area contributed by atoms with Gasteiger partial charge < -0.3 is 20.1 Å². The fourth-order valence-corrected chi connectivity index (χ4v) is 3.62. The molecular formula is C21H23N5O4. The molecule has 1 saturated heterocycles. The molecule has 3 aromatic rings. The third-order valence-electron chi connectivity index (χ3n) is 5.11. The Morgan fingerprint density at radius 3 is 2.97 bits per heavy atom. The lowest BCUT2D eigenvalue weighted by molar-refractivity contribution is -0.129. The number of fused-ring (bicyclic) bond motifs is 1. The number of nitrogens with one attached hydrogen (secondary N) is 1. The maximum Gasteiger partial charge on any atom is 0.270 e. The summed E-state index contributed by atoms with van der Waals surface area (Å²) in [6.07, 6.45) is 2.22. The fourth-order valence-electron chi connectivity index (χ4n) is 3.62. The summed E-state index contributed by atoms with van der Waals surface area (Å²) in [5, 5.41) is 16.9. The Morgan fingerprint density at radius 2 is 2.20 bits per heavy atom. The molecule has 0 radical (unpaired) electrons. The van der Waals surface area contributed by atoms with Crippen LogP contribution >= 0.6 is 0 Å². The molecule has 0 aliphatic carbocycles. The number of nitrogens with zero attached hydrogens (tertiary/aromatic N) is 4. The number of carbonyl (C=O) groups excluding carboxylic acids is 2. The van der Waals surface area contributed by atoms with E-state index < -0.39 is 6.04 Å². The molecule has 2 aromatic heterocycles. The van der Waals surface area contributed by atoms with Crippen LogP contribution in [0.25, 0.3) is 10.9 Å². The average molecular weight is 409 g/mol. The summed E-state index contributed by atoms with van der Waals surface area (Å²) in [7, 11) is 1.69. The van der Waals surface area contributed by atoms with Gasteiger partial charge in [-0.3, -0.25) is 19.3 Å². The minimum Gasteiger partial charge on any atom is -0.487 e. The first kappa shape index (κ1) is 19.8. The normalized spacial score (nSPS) is 16.3. The molecule has 1 atom stereocenters. The Labute approximate surface area is 173 Å². The van der Waals surface area contributed by atoms with Gasteiger partial charge in [-0.15, -0.1) is 0 Å². The molecule has 0 spiro atoms. The van der Waals surface area contributed by atoms with Crippen LogP contribution in [0.4, 0.5) is 0 Å². The molecule has 0 bridgehead atoms. The number of aryl methyl sites for hydroxylation is 1. The van der Waals surface area contributed by atoms with Gasteiger partial charge >= 0.3 is 0 Å². The first-order valence-electron chi connectivity index (χ1n) is 9.77. The Hall–Kier alpha value is -3.46. The zero-order valence-electron chi connectivity index (χ0n) is 16.6. The van der Waals surface area contributed by atoms with Crippen molar-refractivity contribution in [1.82, 2.24) is 25.0 Å². The van der Waals surface area contributed by atoms with E-state index in [9.17, 15) is 9.59 Å². The molecule has 4 rings (SSSR count). The topological polar surface area (TPSA) is 110 Å². The Kier molecular flexibility index (Phi) is 5.62. The Morgan fingerprint density at radius 1 is 1.33 bits per heavy atom. The van der Waals surface area contributed by atoms with E-state index in [1.165, 1.54) is 4.68 Å². The number of carbonyl (C=O) groups is 2. The van der Waals surface area contributed by atoms with Crippen molar-refractivity contribution in [2.75, 3.05) is 19.7 Å². The van der Waals surface area contributed by atoms with Gasteiger partial charge in [0.2, 0.25) is 5.91 Å². The van der Waals surface area contributed by atoms with Crippen LogP contribution in [0.3, 0.4) is 0 Å². The van der Waals surface area contributed by atoms with Gasteiger partial charge in [-0.25, -0.2) is 0 Å². The molecule has 156 valence electrons. The van der Waals surface area contributed by atoms with Crippen molar-refractivity contribution in [3.8, 4) is 5.75 Å². The number of hydrogen-bond acceptors (Lipinski definition) is 6. The van der Waals surface area contributed by atoms with Crippen LogP contribution < -0.4 is 10.1 Å². The van der Waals surface area contributed by atoms with Gasteiger partial charge in [-0.2, -0.15) is 5.10 Å². The van der Waals surface area contributed by atoms with E-state index in [2.05, 4.69) is 15.4 Å². The molecule has 9 heteroatoms. The van der Waals surface area contributed by atoms with Crippen LogP contribution in [0.2, 0.25) is 0 Å². The zero-order chi connectivity index (χ0) is 21.1. The third-order valence-corrected chi connectivity index (χ3v) is 5.11. The van der Waals surface area contributed by atoms with Crippen LogP contribution in [-0.4, -0.2) is 62.3 Å². The Balaban J connectivity index is 1.52. The molecule has 2 amide bonds. The number of aliphatic hydroxyl groups excluding tert-OH is 1. The molecular weight excluding hydrogens is 386 g/mol. The molecule has 1 aliphatic heterocycles. The van der Waals surface area contributed by atoms with Crippen molar-refractivity contribution < 1.29 is 19.4 Å². The number of rotatable bonds is 7. The quantitative estimate of drug-likeness (QED) is 0.599. The number of aliphatic hydroxyl groups is 1. The molecule has 3 heterocycles. The van der Waals surface area contributed by atoms with Crippen molar-refractivity contribution >= 4 is 22.7 Å². The second-order valence-corrected chi connectivity index (χ2v) is 7.12. The minimum atomic E-state index is -0.599. The van der Waals surface area contributed by atoms with Crippen molar-refractivity contribution in [3.05, 3.63) is 54.0 Å². The summed E-state index contributed by atoms with van der Waals surface area (Å²) in [6, 6.07) is 10.4. The molecule has 0 saturated carbocycles. The van der Waals surface area contributed by atoms with E-state index >= 15 is 0 Å². The minimum absolute atomic E-state index is 0.0972. The van der Waals surface area contributed by atoms with Crippen molar-refractivity contribution in [2.45, 2.75) is 19.1 Å². The average Bonchev–Trinajstić information content (AvgIpc) is 3.26. The van der Waals surface area contributed by atoms with E-state index in [-0.39, 0.29) is 25.0 Å². The van der Waals surface area contributed by atoms with Crippen LogP contribution in [-0.2, 0) is 18.4 Å². The lowest BCUT2D eigenvalue weighted by Crippen LogP contribution is -2.42. The van der Waals surface area contributed by atoms with Gasteiger partial charge in [0.25, 0.3) is 5.91 Å². The molecule has 1 aromatic carbocycles. The lowest BCUT2D eigenvalue weighted by Gasteiger charge is -2.15. The van der Waals surface area contributed by atoms with Crippen LogP contribution in [0.1, 0.15) is 22.6 Å². The third kappa shape index (κ3) is 3.97. The predicted octanol–water partition coefficient (Wildman–Crippen LogP) is 0.870. The van der Waals surface area contributed by atoms with Gasteiger partial charge in [-0.1, -0.05) is 6.07 Å². The monoisotopic (exact) mass is 409 g/mol. The number of hydrogen-bond donors (Lipinski definition) is 2. The number of benzene rings is 1. The number of aromatic nitrogens is 3. The van der Waals surface area contributed by atoms with Crippen LogP contribution in [0, 0.1) is 0 Å². The standard InChI is InChI=1S/C21H23N5O4/c1-25-19(20(28)23-18-7-9-26(10-11-27)21(18)29)16-12-15(5-6-17(16)24-25)30-13-14-4-2-3-8-22-14/h2-6,8,12,18,27H,7,9-11,13H2,1H3,(H,23,28)/t18-/m0/s1. The lowest BCUT2D eigenvalue weighted by atomic mass is 10.1. The summed E-state index contributed by atoms with van der Waals surface area (Å²) in [4.78, 5) is 31.1. The number of amides is 2. The fraction of sp³-hybridized carbons (Fsp3) is 0.333. The van der Waals surface area contributed by atoms with Gasteiger partial charge in [0.15, 0.2) is 0 Å². The summed E-state index contributed by atoms with van der Waals surface area (Å²) < 4.78 is 7.33. The van der Waals surface area contributed by atoms with Crippen molar-refractivity contribution in [3.63, 3.8) is 0 Å². The maximum absolute atomic E-state index is 13.0. The van der Waals surface area contributed by atoms with E-state index in [0.717, 1.165) is 5.69 Å². The van der Waals surface area contributed by atoms with Crippen LogP contribution in [0.15, 0.2) is 42.6 Å². The van der Waals surface area contributed by atoms with Crippen molar-refractivity contribution in [1.29, 1.82) is 0 Å². The largest absolute Gasteiger partial charge is 0.487 e. The van der Waals surface area contributed by atoms with Gasteiger partial charge in [-0.05, 0) is 36.8 Å². The molecule has 0 unspecified atom stereocenters. The predicted molar refractivity (Wildman–Crippen MR) is 109 cm³/mol. The highest BCUT2D eigenvalue weighted by Gasteiger charge is 2.33. The number of likely N-dealkylation sites (tertiary alicyclic amines) is 1. The summed E-state index contributed by atoms with van der Waals surface area (Å²) in [5.74, 6) is 0.0515. The van der Waals surface area contributed by atoms with E-state index in [1.807, 2.05) is 18.2 Å². The molecule has 1 fully saturated rings. The first-order chi connectivity index (χ1) is 14.6. The number of pyridine rings is 1. The summed E-state index contributed by atoms with van der Waals surface area (Å²) >= 11 is 0. The molecule has 30 heavy (non-hydrogen) atoms. The van der Waals surface area contributed by atoms with Gasteiger partial charge in [0.1, 0.15) is 24.1 Å². The summed E-state index contributed by atoms with van der Waals surface area (Å²) in [5.41, 5.74) is 1.82. The second-order valence-electron chi connectivity index (χ2n) is 7.12. The zero-order valence-corrected chi connectivity index (χ0v) is 16.6. The summed E-state index contributed by atoms with van der Waals surface area (Å²) in [6.45, 7) is 1.00. The number of β-amino-alcohol motifs (C(OH)–C–C–N with tert-alkyl or cyclic N) is 1. The van der Waals surface area contributed by atoms with E-state index in [0.29, 0.717) is 41.9 Å². The first-order valence-corrected chi connectivity index (χ1v) is 9.77.